The van der Waals surface area contributed by atoms with Gasteiger partial charge in [0.05, 0.1) is 17.6 Å². The Hall–Kier alpha value is -3.45. The van der Waals surface area contributed by atoms with Crippen molar-refractivity contribution in [3.63, 3.8) is 0 Å². The van der Waals surface area contributed by atoms with Gasteiger partial charge in [-0.3, -0.25) is 4.90 Å². The van der Waals surface area contributed by atoms with Crippen LogP contribution in [0.15, 0.2) is 54.6 Å². The molecule has 2 aromatic heterocycles. The molecule has 1 atom stereocenters. The van der Waals surface area contributed by atoms with Crippen LogP contribution < -0.4 is 9.80 Å². The van der Waals surface area contributed by atoms with E-state index in [0.29, 0.717) is 6.04 Å². The van der Waals surface area contributed by atoms with Gasteiger partial charge in [-0.05, 0) is 37.4 Å². The molecule has 3 aliphatic rings. The van der Waals surface area contributed by atoms with Crippen LogP contribution in [0, 0.1) is 6.92 Å². The first kappa shape index (κ1) is 21.8. The number of hydrogen-bond acceptors (Lipinski definition) is 6. The Kier molecular flexibility index (Phi) is 5.38. The lowest BCUT2D eigenvalue weighted by atomic mass is 10.1. The zero-order chi connectivity index (χ0) is 24.1. The van der Waals surface area contributed by atoms with Crippen molar-refractivity contribution in [2.45, 2.75) is 45.3 Å². The molecular weight excluding hydrogens is 446 g/mol. The molecule has 0 amide bonds. The van der Waals surface area contributed by atoms with Crippen LogP contribution in [0.3, 0.4) is 0 Å². The molecule has 4 aromatic rings. The van der Waals surface area contributed by atoms with Crippen molar-refractivity contribution < 1.29 is 0 Å². The third-order valence-electron chi connectivity index (χ3n) is 8.09. The maximum atomic E-state index is 5.25. The molecule has 0 bridgehead atoms. The van der Waals surface area contributed by atoms with E-state index in [1.807, 2.05) is 0 Å². The van der Waals surface area contributed by atoms with E-state index in [4.69, 9.17) is 15.1 Å². The molecule has 7 rings (SSSR count). The van der Waals surface area contributed by atoms with E-state index in [1.165, 1.54) is 36.1 Å². The highest BCUT2D eigenvalue weighted by Crippen LogP contribution is 2.35. The van der Waals surface area contributed by atoms with Gasteiger partial charge in [-0.25, -0.2) is 4.68 Å². The van der Waals surface area contributed by atoms with Crippen molar-refractivity contribution in [3.8, 4) is 0 Å². The molecule has 2 aromatic carbocycles. The van der Waals surface area contributed by atoms with Crippen LogP contribution in [0.4, 0.5) is 11.8 Å². The lowest BCUT2D eigenvalue weighted by Crippen LogP contribution is -2.50. The van der Waals surface area contributed by atoms with E-state index < -0.39 is 0 Å². The summed E-state index contributed by atoms with van der Waals surface area (Å²) in [6.07, 6.45) is 3.50. The van der Waals surface area contributed by atoms with Gasteiger partial charge in [0.2, 0.25) is 5.95 Å². The van der Waals surface area contributed by atoms with Crippen LogP contribution >= 0.6 is 0 Å². The number of aromatic nitrogens is 4. The van der Waals surface area contributed by atoms with Crippen LogP contribution in [-0.4, -0.2) is 63.4 Å². The second-order valence-electron chi connectivity index (χ2n) is 10.6. The SMILES string of the molecule is Cc1ccc(CN2CCc3nn(Cc4ccccc4)c4nc(N5CCN6CCCC6C5)nc2c34)cc1. The van der Waals surface area contributed by atoms with Gasteiger partial charge in [0.1, 0.15) is 5.82 Å². The summed E-state index contributed by atoms with van der Waals surface area (Å²) in [5, 5.41) is 6.20. The molecule has 0 radical (unpaired) electrons. The fourth-order valence-corrected chi connectivity index (χ4v) is 6.11. The van der Waals surface area contributed by atoms with E-state index >= 15 is 0 Å². The number of anilines is 2. The topological polar surface area (TPSA) is 53.3 Å². The Morgan fingerprint density at radius 1 is 0.861 bits per heavy atom. The number of benzene rings is 2. The second kappa shape index (κ2) is 8.89. The van der Waals surface area contributed by atoms with Crippen molar-refractivity contribution in [3.05, 3.63) is 77.0 Å². The first-order valence-corrected chi connectivity index (χ1v) is 13.3. The van der Waals surface area contributed by atoms with Gasteiger partial charge in [0.15, 0.2) is 5.65 Å². The minimum absolute atomic E-state index is 0.628. The smallest absolute Gasteiger partial charge is 0.229 e. The normalized spacial score (nSPS) is 19.8. The van der Waals surface area contributed by atoms with Gasteiger partial charge >= 0.3 is 0 Å². The monoisotopic (exact) mass is 479 g/mol. The van der Waals surface area contributed by atoms with Crippen molar-refractivity contribution in [1.29, 1.82) is 0 Å². The lowest BCUT2D eigenvalue weighted by molar-refractivity contribution is 0.229. The zero-order valence-corrected chi connectivity index (χ0v) is 21.0. The van der Waals surface area contributed by atoms with E-state index in [1.54, 1.807) is 0 Å². The lowest BCUT2D eigenvalue weighted by Gasteiger charge is -2.38. The van der Waals surface area contributed by atoms with Crippen LogP contribution in [0.25, 0.3) is 11.0 Å². The van der Waals surface area contributed by atoms with Crippen LogP contribution in [0.5, 0.6) is 0 Å². The quantitative estimate of drug-likeness (QED) is 0.431. The zero-order valence-electron chi connectivity index (χ0n) is 21.0. The predicted octanol–water partition coefficient (Wildman–Crippen LogP) is 4.03. The average Bonchev–Trinajstić information content (AvgIpc) is 3.52. The minimum atomic E-state index is 0.628. The summed E-state index contributed by atoms with van der Waals surface area (Å²) in [5.74, 6) is 1.91. The number of nitrogens with zero attached hydrogens (tertiary/aromatic N) is 7. The number of aryl methyl sites for hydroxylation is 1. The van der Waals surface area contributed by atoms with Gasteiger partial charge in [0.25, 0.3) is 0 Å². The van der Waals surface area contributed by atoms with Crippen molar-refractivity contribution in [2.24, 2.45) is 0 Å². The molecule has 184 valence electrons. The summed E-state index contributed by atoms with van der Waals surface area (Å²) in [5.41, 5.74) is 5.94. The van der Waals surface area contributed by atoms with Crippen molar-refractivity contribution >= 4 is 22.8 Å². The Balaban J connectivity index is 1.31. The molecule has 7 heteroatoms. The van der Waals surface area contributed by atoms with E-state index in [9.17, 15) is 0 Å². The standard InChI is InChI=1S/C29H33N7/c1-21-9-11-23(12-10-21)18-34-15-13-25-26-27(34)30-29(35-17-16-33-14-5-8-24(33)20-35)31-28(26)36(32-25)19-22-6-3-2-4-7-22/h2-4,6-7,9-12,24H,5,8,13-20H2,1H3. The molecule has 0 saturated carbocycles. The third-order valence-corrected chi connectivity index (χ3v) is 8.09. The Bertz CT molecular complexity index is 1380. The largest absolute Gasteiger partial charge is 0.351 e. The number of hydrogen-bond donors (Lipinski definition) is 0. The number of rotatable bonds is 5. The molecule has 3 aliphatic heterocycles. The van der Waals surface area contributed by atoms with Gasteiger partial charge in [-0.2, -0.15) is 15.1 Å². The summed E-state index contributed by atoms with van der Waals surface area (Å²) in [4.78, 5) is 17.9. The summed E-state index contributed by atoms with van der Waals surface area (Å²) < 4.78 is 2.11. The molecule has 2 saturated heterocycles. The first-order chi connectivity index (χ1) is 17.7. The third kappa shape index (κ3) is 3.91. The summed E-state index contributed by atoms with van der Waals surface area (Å²) >= 11 is 0. The highest BCUT2D eigenvalue weighted by Gasteiger charge is 2.33. The van der Waals surface area contributed by atoms with Crippen molar-refractivity contribution in [2.75, 3.05) is 42.5 Å². The van der Waals surface area contributed by atoms with Gasteiger partial charge in [-0.1, -0.05) is 60.2 Å². The minimum Gasteiger partial charge on any atom is -0.351 e. The molecule has 2 fully saturated rings. The Morgan fingerprint density at radius 3 is 2.56 bits per heavy atom. The molecule has 36 heavy (non-hydrogen) atoms. The fraction of sp³-hybridized carbons (Fsp3) is 0.414. The first-order valence-electron chi connectivity index (χ1n) is 13.3. The Labute approximate surface area is 212 Å². The second-order valence-corrected chi connectivity index (χ2v) is 10.6. The highest BCUT2D eigenvalue weighted by atomic mass is 15.4. The predicted molar refractivity (Wildman–Crippen MR) is 144 cm³/mol. The fourth-order valence-electron chi connectivity index (χ4n) is 6.11. The molecule has 0 N–H and O–H groups in total. The molecule has 7 nitrogen and oxygen atoms in total. The van der Waals surface area contributed by atoms with E-state index in [-0.39, 0.29) is 0 Å². The summed E-state index contributed by atoms with van der Waals surface area (Å²) in [6, 6.07) is 20.1. The van der Waals surface area contributed by atoms with Gasteiger partial charge in [0, 0.05) is 45.2 Å². The van der Waals surface area contributed by atoms with E-state index in [2.05, 4.69) is 80.9 Å². The molecule has 0 aliphatic carbocycles. The molecule has 1 unspecified atom stereocenters. The number of fused-ring (bicyclic) bond motifs is 1. The summed E-state index contributed by atoms with van der Waals surface area (Å²) in [7, 11) is 0. The van der Waals surface area contributed by atoms with E-state index in [0.717, 1.165) is 74.2 Å². The van der Waals surface area contributed by atoms with Crippen LogP contribution in [0.2, 0.25) is 0 Å². The molecular formula is C29H33N7. The Morgan fingerprint density at radius 2 is 1.69 bits per heavy atom. The maximum Gasteiger partial charge on any atom is 0.229 e. The number of piperazine rings is 1. The van der Waals surface area contributed by atoms with Gasteiger partial charge < -0.3 is 9.80 Å². The van der Waals surface area contributed by atoms with Crippen LogP contribution in [-0.2, 0) is 19.5 Å². The highest BCUT2D eigenvalue weighted by molar-refractivity contribution is 5.92. The molecule has 5 heterocycles. The maximum absolute atomic E-state index is 5.25. The average molecular weight is 480 g/mol. The van der Waals surface area contributed by atoms with Crippen LogP contribution in [0.1, 0.15) is 35.2 Å². The van der Waals surface area contributed by atoms with Crippen molar-refractivity contribution in [1.82, 2.24) is 24.6 Å². The molecule has 0 spiro atoms. The van der Waals surface area contributed by atoms with Gasteiger partial charge in [-0.15, -0.1) is 0 Å². The summed E-state index contributed by atoms with van der Waals surface area (Å²) in [6.45, 7) is 8.98.